The molecule has 12 heavy (non-hydrogen) atoms. The van der Waals surface area contributed by atoms with Gasteiger partial charge in [-0.15, -0.1) is 0 Å². The molecule has 2 saturated heterocycles. The van der Waals surface area contributed by atoms with E-state index in [-0.39, 0.29) is 0 Å². The Labute approximate surface area is 75.3 Å². The molecule has 0 aromatic carbocycles. The molecule has 2 aliphatic rings. The van der Waals surface area contributed by atoms with E-state index < -0.39 is 0 Å². The number of nitrogens with one attached hydrogen (secondary N) is 1. The SMILES string of the molecule is CCN1CC2CCNCCC2C1. The van der Waals surface area contributed by atoms with Crippen molar-refractivity contribution in [3.8, 4) is 0 Å². The van der Waals surface area contributed by atoms with Crippen LogP contribution >= 0.6 is 0 Å². The summed E-state index contributed by atoms with van der Waals surface area (Å²) in [4.78, 5) is 2.61. The Bertz CT molecular complexity index is 133. The van der Waals surface area contributed by atoms with Crippen molar-refractivity contribution in [3.05, 3.63) is 0 Å². The van der Waals surface area contributed by atoms with Crippen LogP contribution < -0.4 is 5.32 Å². The minimum atomic E-state index is 1.000. The largest absolute Gasteiger partial charge is 0.317 e. The van der Waals surface area contributed by atoms with Gasteiger partial charge in [0, 0.05) is 13.1 Å². The number of nitrogens with zero attached hydrogens (tertiary/aromatic N) is 1. The molecular formula is C10H20N2. The summed E-state index contributed by atoms with van der Waals surface area (Å²) < 4.78 is 0. The van der Waals surface area contributed by atoms with Crippen molar-refractivity contribution >= 4 is 0 Å². The van der Waals surface area contributed by atoms with Crippen LogP contribution in [0.1, 0.15) is 19.8 Å². The zero-order chi connectivity index (χ0) is 8.39. The Morgan fingerprint density at radius 2 is 1.75 bits per heavy atom. The predicted molar refractivity (Wildman–Crippen MR) is 51.2 cm³/mol. The van der Waals surface area contributed by atoms with Crippen LogP contribution in [0.25, 0.3) is 0 Å². The maximum Gasteiger partial charge on any atom is 0.00133 e. The minimum absolute atomic E-state index is 1.000. The summed E-state index contributed by atoms with van der Waals surface area (Å²) in [5, 5.41) is 3.49. The van der Waals surface area contributed by atoms with Crippen LogP contribution in [0.4, 0.5) is 0 Å². The van der Waals surface area contributed by atoms with E-state index in [9.17, 15) is 0 Å². The lowest BCUT2D eigenvalue weighted by molar-refractivity contribution is 0.332. The molecule has 2 fully saturated rings. The van der Waals surface area contributed by atoms with Gasteiger partial charge in [0.15, 0.2) is 0 Å². The van der Waals surface area contributed by atoms with Crippen LogP contribution in [0.5, 0.6) is 0 Å². The first-order valence-electron chi connectivity index (χ1n) is 5.33. The zero-order valence-electron chi connectivity index (χ0n) is 8.05. The fourth-order valence-electron chi connectivity index (χ4n) is 2.65. The second-order valence-corrected chi connectivity index (χ2v) is 4.20. The van der Waals surface area contributed by atoms with E-state index in [0.717, 1.165) is 11.8 Å². The second kappa shape index (κ2) is 3.75. The van der Waals surface area contributed by atoms with Gasteiger partial charge in [0.2, 0.25) is 0 Å². The van der Waals surface area contributed by atoms with E-state index in [1.165, 1.54) is 45.6 Å². The molecule has 0 spiro atoms. The molecule has 70 valence electrons. The minimum Gasteiger partial charge on any atom is -0.317 e. The molecule has 0 saturated carbocycles. The fraction of sp³-hybridized carbons (Fsp3) is 1.00. The predicted octanol–water partition coefficient (Wildman–Crippen LogP) is 0.938. The van der Waals surface area contributed by atoms with Crippen LogP contribution in [0.15, 0.2) is 0 Å². The van der Waals surface area contributed by atoms with Gasteiger partial charge in [0.25, 0.3) is 0 Å². The van der Waals surface area contributed by atoms with Crippen LogP contribution in [0.3, 0.4) is 0 Å². The highest BCUT2D eigenvalue weighted by Crippen LogP contribution is 2.29. The molecule has 2 heteroatoms. The Morgan fingerprint density at radius 3 is 2.25 bits per heavy atom. The molecule has 0 aliphatic carbocycles. The monoisotopic (exact) mass is 168 g/mol. The molecule has 1 N–H and O–H groups in total. The van der Waals surface area contributed by atoms with Crippen molar-refractivity contribution in [2.45, 2.75) is 19.8 Å². The van der Waals surface area contributed by atoms with Gasteiger partial charge in [-0.1, -0.05) is 6.92 Å². The van der Waals surface area contributed by atoms with Crippen LogP contribution in [0, 0.1) is 11.8 Å². The third kappa shape index (κ3) is 1.64. The van der Waals surface area contributed by atoms with E-state index in [4.69, 9.17) is 0 Å². The van der Waals surface area contributed by atoms with Gasteiger partial charge in [-0.3, -0.25) is 0 Å². The van der Waals surface area contributed by atoms with Crippen LogP contribution in [0.2, 0.25) is 0 Å². The molecule has 2 rings (SSSR count). The number of hydrogen-bond donors (Lipinski definition) is 1. The average Bonchev–Trinajstić information content (AvgIpc) is 2.37. The summed E-state index contributed by atoms with van der Waals surface area (Å²) in [5.41, 5.74) is 0. The van der Waals surface area contributed by atoms with Crippen molar-refractivity contribution in [2.75, 3.05) is 32.7 Å². The molecule has 0 aromatic heterocycles. The van der Waals surface area contributed by atoms with Gasteiger partial charge < -0.3 is 10.2 Å². The molecule has 2 unspecified atom stereocenters. The molecule has 2 atom stereocenters. The zero-order valence-corrected chi connectivity index (χ0v) is 8.05. The van der Waals surface area contributed by atoms with E-state index in [2.05, 4.69) is 17.1 Å². The smallest absolute Gasteiger partial charge is 0.00133 e. The first kappa shape index (κ1) is 8.52. The maximum atomic E-state index is 3.49. The standard InChI is InChI=1S/C10H20N2/c1-2-12-7-9-3-5-11-6-4-10(9)8-12/h9-11H,2-8H2,1H3. The average molecular weight is 168 g/mol. The van der Waals surface area contributed by atoms with Crippen molar-refractivity contribution in [1.29, 1.82) is 0 Å². The Balaban J connectivity index is 1.92. The molecule has 0 bridgehead atoms. The second-order valence-electron chi connectivity index (χ2n) is 4.20. The molecule has 2 aliphatic heterocycles. The molecule has 2 heterocycles. The highest BCUT2D eigenvalue weighted by molar-refractivity contribution is 4.85. The molecular weight excluding hydrogens is 148 g/mol. The van der Waals surface area contributed by atoms with E-state index in [1.807, 2.05) is 0 Å². The first-order chi connectivity index (χ1) is 5.90. The highest BCUT2D eigenvalue weighted by Gasteiger charge is 2.31. The number of hydrogen-bond acceptors (Lipinski definition) is 2. The van der Waals surface area contributed by atoms with Crippen molar-refractivity contribution in [3.63, 3.8) is 0 Å². The van der Waals surface area contributed by atoms with Crippen molar-refractivity contribution in [2.24, 2.45) is 11.8 Å². The lowest BCUT2D eigenvalue weighted by atomic mass is 9.92. The Hall–Kier alpha value is -0.0800. The van der Waals surface area contributed by atoms with Gasteiger partial charge in [-0.25, -0.2) is 0 Å². The van der Waals surface area contributed by atoms with Gasteiger partial charge in [0.05, 0.1) is 0 Å². The summed E-state index contributed by atoms with van der Waals surface area (Å²) in [7, 11) is 0. The van der Waals surface area contributed by atoms with Gasteiger partial charge in [-0.2, -0.15) is 0 Å². The summed E-state index contributed by atoms with van der Waals surface area (Å²) in [5.74, 6) is 2.00. The summed E-state index contributed by atoms with van der Waals surface area (Å²) in [6.45, 7) is 8.76. The quantitative estimate of drug-likeness (QED) is 0.627. The number of rotatable bonds is 1. The highest BCUT2D eigenvalue weighted by atomic mass is 15.1. The maximum absolute atomic E-state index is 3.49. The van der Waals surface area contributed by atoms with Crippen molar-refractivity contribution in [1.82, 2.24) is 10.2 Å². The molecule has 0 amide bonds. The Morgan fingerprint density at radius 1 is 1.17 bits per heavy atom. The summed E-state index contributed by atoms with van der Waals surface area (Å²) in [6, 6.07) is 0. The van der Waals surface area contributed by atoms with Gasteiger partial charge >= 0.3 is 0 Å². The lowest BCUT2D eigenvalue weighted by Crippen LogP contribution is -2.22. The van der Waals surface area contributed by atoms with Crippen LogP contribution in [-0.2, 0) is 0 Å². The normalized spacial score (nSPS) is 37.8. The summed E-state index contributed by atoms with van der Waals surface area (Å²) in [6.07, 6.45) is 2.81. The topological polar surface area (TPSA) is 15.3 Å². The molecule has 0 aromatic rings. The third-order valence-corrected chi connectivity index (χ3v) is 3.48. The van der Waals surface area contributed by atoms with Gasteiger partial charge in [0.1, 0.15) is 0 Å². The van der Waals surface area contributed by atoms with E-state index in [1.54, 1.807) is 0 Å². The van der Waals surface area contributed by atoms with E-state index in [0.29, 0.717) is 0 Å². The summed E-state index contributed by atoms with van der Waals surface area (Å²) >= 11 is 0. The number of fused-ring (bicyclic) bond motifs is 1. The third-order valence-electron chi connectivity index (χ3n) is 3.48. The van der Waals surface area contributed by atoms with Crippen molar-refractivity contribution < 1.29 is 0 Å². The molecule has 2 nitrogen and oxygen atoms in total. The molecule has 0 radical (unpaired) electrons. The Kier molecular flexibility index (Phi) is 2.66. The van der Waals surface area contributed by atoms with E-state index >= 15 is 0 Å². The fourth-order valence-corrected chi connectivity index (χ4v) is 2.65. The van der Waals surface area contributed by atoms with Crippen LogP contribution in [-0.4, -0.2) is 37.6 Å². The van der Waals surface area contributed by atoms with Gasteiger partial charge in [-0.05, 0) is 44.3 Å². The number of likely N-dealkylation sites (tertiary alicyclic amines) is 1. The first-order valence-corrected chi connectivity index (χ1v) is 5.33. The lowest BCUT2D eigenvalue weighted by Gasteiger charge is -2.12.